The predicted octanol–water partition coefficient (Wildman–Crippen LogP) is 2.85. The number of rotatable bonds is 3. The molecule has 2 N–H and O–H groups in total. The van der Waals surface area contributed by atoms with Crippen molar-refractivity contribution in [3.63, 3.8) is 0 Å². The van der Waals surface area contributed by atoms with Crippen LogP contribution in [-0.2, 0) is 16.6 Å². The zero-order valence-electron chi connectivity index (χ0n) is 9.40. The van der Waals surface area contributed by atoms with E-state index in [4.69, 9.17) is 5.73 Å². The van der Waals surface area contributed by atoms with Crippen LogP contribution in [-0.4, -0.2) is 4.21 Å². The highest BCUT2D eigenvalue weighted by Crippen LogP contribution is 2.20. The summed E-state index contributed by atoms with van der Waals surface area (Å²) in [5.41, 5.74) is 6.07. The van der Waals surface area contributed by atoms with Crippen molar-refractivity contribution in [2.45, 2.75) is 10.6 Å². The van der Waals surface area contributed by atoms with Crippen molar-refractivity contribution < 1.29 is 13.0 Å². The maximum absolute atomic E-state index is 13.5. The monoisotopic (exact) mass is 267 g/mol. The fourth-order valence-electron chi connectivity index (χ4n) is 1.55. The summed E-state index contributed by atoms with van der Waals surface area (Å²) in [5, 5.41) is 0. The molecule has 2 nitrogen and oxygen atoms in total. The summed E-state index contributed by atoms with van der Waals surface area (Å²) < 4.78 is 38.5. The first-order valence-electron chi connectivity index (χ1n) is 5.25. The summed E-state index contributed by atoms with van der Waals surface area (Å²) in [6, 6.07) is 9.73. The lowest BCUT2D eigenvalue weighted by atomic mass is 10.2. The van der Waals surface area contributed by atoms with E-state index < -0.39 is 22.4 Å². The van der Waals surface area contributed by atoms with E-state index in [1.54, 1.807) is 6.07 Å². The Balaban J connectivity index is 2.27. The molecule has 2 rings (SSSR count). The summed E-state index contributed by atoms with van der Waals surface area (Å²) >= 11 is 0. The van der Waals surface area contributed by atoms with Crippen LogP contribution in [0, 0.1) is 11.6 Å². The number of nitrogens with two attached hydrogens (primary N) is 1. The van der Waals surface area contributed by atoms with Gasteiger partial charge >= 0.3 is 0 Å². The lowest BCUT2D eigenvalue weighted by Crippen LogP contribution is -2.03. The Labute approximate surface area is 106 Å². The summed E-state index contributed by atoms with van der Waals surface area (Å²) in [6.45, 7) is 0. The van der Waals surface area contributed by atoms with Gasteiger partial charge in [0.2, 0.25) is 0 Å². The molecule has 2 aromatic rings. The number of nitrogen functional groups attached to an aromatic ring is 1. The third-order valence-electron chi connectivity index (χ3n) is 2.49. The van der Waals surface area contributed by atoms with Crippen molar-refractivity contribution in [3.8, 4) is 0 Å². The molecule has 0 fully saturated rings. The van der Waals surface area contributed by atoms with E-state index in [1.165, 1.54) is 36.4 Å². The molecule has 0 aliphatic heterocycles. The van der Waals surface area contributed by atoms with Crippen LogP contribution in [0.25, 0.3) is 0 Å². The van der Waals surface area contributed by atoms with Gasteiger partial charge in [-0.05, 0) is 30.3 Å². The molecule has 0 spiro atoms. The average molecular weight is 267 g/mol. The largest absolute Gasteiger partial charge is 0.398 e. The maximum Gasteiger partial charge on any atom is 0.129 e. The third kappa shape index (κ3) is 2.73. The molecular weight excluding hydrogens is 256 g/mol. The Kier molecular flexibility index (Phi) is 3.72. The molecule has 0 amide bonds. The van der Waals surface area contributed by atoms with Crippen LogP contribution in [0.3, 0.4) is 0 Å². The van der Waals surface area contributed by atoms with E-state index in [9.17, 15) is 13.0 Å². The first-order valence-corrected chi connectivity index (χ1v) is 6.56. The van der Waals surface area contributed by atoms with Crippen LogP contribution >= 0.6 is 0 Å². The Morgan fingerprint density at radius 2 is 1.83 bits per heavy atom. The molecule has 0 radical (unpaired) electrons. The van der Waals surface area contributed by atoms with Gasteiger partial charge < -0.3 is 5.73 Å². The van der Waals surface area contributed by atoms with Gasteiger partial charge in [0, 0.05) is 16.1 Å². The van der Waals surface area contributed by atoms with Gasteiger partial charge in [-0.1, -0.05) is 12.1 Å². The topological polar surface area (TPSA) is 43.1 Å². The zero-order valence-corrected chi connectivity index (χ0v) is 10.2. The quantitative estimate of drug-likeness (QED) is 0.869. The summed E-state index contributed by atoms with van der Waals surface area (Å²) in [4.78, 5) is 0.317. The molecule has 18 heavy (non-hydrogen) atoms. The van der Waals surface area contributed by atoms with Crippen molar-refractivity contribution in [1.82, 2.24) is 0 Å². The molecule has 2 aromatic carbocycles. The lowest BCUT2D eigenvalue weighted by molar-refractivity contribution is 0.615. The van der Waals surface area contributed by atoms with Crippen LogP contribution in [0.2, 0.25) is 0 Å². The SMILES string of the molecule is Nc1cccc(F)c1CS(=O)c1cccc(F)c1. The molecule has 0 saturated carbocycles. The first-order chi connectivity index (χ1) is 8.58. The zero-order chi connectivity index (χ0) is 13.1. The van der Waals surface area contributed by atoms with Crippen LogP contribution in [0.4, 0.5) is 14.5 Å². The van der Waals surface area contributed by atoms with Gasteiger partial charge in [-0.25, -0.2) is 8.78 Å². The number of hydrogen-bond donors (Lipinski definition) is 1. The van der Waals surface area contributed by atoms with Crippen LogP contribution in [0.5, 0.6) is 0 Å². The van der Waals surface area contributed by atoms with Gasteiger partial charge in [-0.2, -0.15) is 0 Å². The molecule has 0 aromatic heterocycles. The third-order valence-corrected chi connectivity index (χ3v) is 3.82. The predicted molar refractivity (Wildman–Crippen MR) is 67.3 cm³/mol. The van der Waals surface area contributed by atoms with Crippen LogP contribution in [0.1, 0.15) is 5.56 Å². The van der Waals surface area contributed by atoms with Gasteiger partial charge in [0.1, 0.15) is 11.6 Å². The number of benzene rings is 2. The highest BCUT2D eigenvalue weighted by Gasteiger charge is 2.12. The molecule has 0 aliphatic carbocycles. The molecule has 0 saturated heterocycles. The minimum absolute atomic E-state index is 0.0675. The summed E-state index contributed by atoms with van der Waals surface area (Å²) in [6.07, 6.45) is 0. The fourth-order valence-corrected chi connectivity index (χ4v) is 2.76. The normalized spacial score (nSPS) is 12.3. The van der Waals surface area contributed by atoms with Crippen molar-refractivity contribution >= 4 is 16.5 Å². The molecule has 0 bridgehead atoms. The second kappa shape index (κ2) is 5.27. The van der Waals surface area contributed by atoms with E-state index in [0.717, 1.165) is 0 Å². The molecule has 94 valence electrons. The Hall–Kier alpha value is -1.75. The van der Waals surface area contributed by atoms with Crippen molar-refractivity contribution in [3.05, 3.63) is 59.7 Å². The highest BCUT2D eigenvalue weighted by atomic mass is 32.2. The van der Waals surface area contributed by atoms with Gasteiger partial charge in [0.15, 0.2) is 0 Å². The molecule has 1 unspecified atom stereocenters. The van der Waals surface area contributed by atoms with Gasteiger partial charge in [-0.3, -0.25) is 4.21 Å². The Morgan fingerprint density at radius 3 is 2.50 bits per heavy atom. The molecule has 0 heterocycles. The van der Waals surface area contributed by atoms with Gasteiger partial charge in [0.05, 0.1) is 16.6 Å². The van der Waals surface area contributed by atoms with Gasteiger partial charge in [0.25, 0.3) is 0 Å². The van der Waals surface area contributed by atoms with E-state index in [0.29, 0.717) is 4.90 Å². The van der Waals surface area contributed by atoms with Crippen molar-refractivity contribution in [2.24, 2.45) is 0 Å². The Morgan fingerprint density at radius 1 is 1.11 bits per heavy atom. The molecule has 0 aliphatic rings. The first kappa shape index (κ1) is 12.7. The Bertz CT molecular complexity index is 581. The van der Waals surface area contributed by atoms with Crippen LogP contribution < -0.4 is 5.73 Å². The van der Waals surface area contributed by atoms with E-state index in [-0.39, 0.29) is 17.0 Å². The van der Waals surface area contributed by atoms with Crippen molar-refractivity contribution in [1.29, 1.82) is 0 Å². The van der Waals surface area contributed by atoms with Gasteiger partial charge in [-0.15, -0.1) is 0 Å². The molecular formula is C13H11F2NOS. The minimum atomic E-state index is -1.53. The maximum atomic E-state index is 13.5. The number of hydrogen-bond acceptors (Lipinski definition) is 2. The van der Waals surface area contributed by atoms with E-state index >= 15 is 0 Å². The average Bonchev–Trinajstić information content (AvgIpc) is 2.34. The summed E-state index contributed by atoms with van der Waals surface area (Å²) in [7, 11) is -1.53. The number of anilines is 1. The number of halogens is 2. The highest BCUT2D eigenvalue weighted by molar-refractivity contribution is 7.84. The lowest BCUT2D eigenvalue weighted by Gasteiger charge is -2.07. The molecule has 5 heteroatoms. The fraction of sp³-hybridized carbons (Fsp3) is 0.0769. The summed E-state index contributed by atoms with van der Waals surface area (Å²) in [5.74, 6) is -1.04. The standard InChI is InChI=1S/C13H11F2NOS/c14-9-3-1-4-10(7-9)18(17)8-11-12(15)5-2-6-13(11)16/h1-7H,8,16H2. The second-order valence-electron chi connectivity index (χ2n) is 3.75. The minimum Gasteiger partial charge on any atom is -0.398 e. The van der Waals surface area contributed by atoms with E-state index in [2.05, 4.69) is 0 Å². The second-order valence-corrected chi connectivity index (χ2v) is 5.21. The molecule has 1 atom stereocenters. The van der Waals surface area contributed by atoms with Crippen molar-refractivity contribution in [2.75, 3.05) is 5.73 Å². The van der Waals surface area contributed by atoms with Crippen LogP contribution in [0.15, 0.2) is 47.4 Å². The smallest absolute Gasteiger partial charge is 0.129 e. The van der Waals surface area contributed by atoms with E-state index in [1.807, 2.05) is 0 Å².